The third-order valence-electron chi connectivity index (χ3n) is 2.30. The van der Waals surface area contributed by atoms with Gasteiger partial charge in [-0.15, -0.1) is 0 Å². The third-order valence-corrected chi connectivity index (χ3v) is 2.30. The summed E-state index contributed by atoms with van der Waals surface area (Å²) in [5.74, 6) is -1.11. The van der Waals surface area contributed by atoms with Gasteiger partial charge in [0.2, 0.25) is 0 Å². The molecule has 1 aromatic rings. The fourth-order valence-corrected chi connectivity index (χ4v) is 1.42. The first-order valence-electron chi connectivity index (χ1n) is 4.45. The van der Waals surface area contributed by atoms with Crippen molar-refractivity contribution in [3.63, 3.8) is 0 Å². The van der Waals surface area contributed by atoms with Crippen molar-refractivity contribution in [1.82, 2.24) is 0 Å². The first-order chi connectivity index (χ1) is 7.39. The van der Waals surface area contributed by atoms with Crippen LogP contribution in [0.4, 0.5) is 13.2 Å². The molecule has 0 amide bonds. The van der Waals surface area contributed by atoms with Crippen LogP contribution in [0.15, 0.2) is 24.3 Å². The Balaban J connectivity index is 2.13. The fourth-order valence-electron chi connectivity index (χ4n) is 1.42. The average Bonchev–Trinajstić information content (AvgIpc) is 2.96. The number of carbonyl (C=O) groups is 1. The number of rotatable bonds is 2. The first-order valence-corrected chi connectivity index (χ1v) is 4.45. The van der Waals surface area contributed by atoms with Gasteiger partial charge in [0.05, 0.1) is 5.56 Å². The van der Waals surface area contributed by atoms with Crippen LogP contribution in [0.3, 0.4) is 0 Å². The van der Waals surface area contributed by atoms with Gasteiger partial charge in [0.25, 0.3) is 0 Å². The van der Waals surface area contributed by atoms with Gasteiger partial charge in [-0.3, -0.25) is 0 Å². The van der Waals surface area contributed by atoms with E-state index in [1.807, 2.05) is 0 Å². The summed E-state index contributed by atoms with van der Waals surface area (Å²) in [6, 6.07) is 4.29. The summed E-state index contributed by atoms with van der Waals surface area (Å²) < 4.78 is 41.5. The number of halogens is 3. The average molecular weight is 232 g/mol. The predicted octanol–water partition coefficient (Wildman–Crippen LogP) is 2.23. The number of benzene rings is 1. The van der Waals surface area contributed by atoms with Crippen LogP contribution in [0.25, 0.3) is 0 Å². The molecule has 1 heterocycles. The highest BCUT2D eigenvalue weighted by atomic mass is 19.4. The highest BCUT2D eigenvalue weighted by molar-refractivity contribution is 5.76. The Labute approximate surface area is 88.5 Å². The zero-order valence-electron chi connectivity index (χ0n) is 7.86. The topological polar surface area (TPSA) is 49.8 Å². The second-order valence-corrected chi connectivity index (χ2v) is 3.44. The second kappa shape index (κ2) is 3.48. The number of alkyl halides is 3. The van der Waals surface area contributed by atoms with Crippen molar-refractivity contribution in [1.29, 1.82) is 0 Å². The van der Waals surface area contributed by atoms with E-state index in [9.17, 15) is 18.0 Å². The molecule has 0 aliphatic carbocycles. The van der Waals surface area contributed by atoms with Crippen molar-refractivity contribution >= 4 is 5.97 Å². The van der Waals surface area contributed by atoms with Crippen molar-refractivity contribution < 1.29 is 27.8 Å². The van der Waals surface area contributed by atoms with Crippen LogP contribution in [0.5, 0.6) is 0 Å². The van der Waals surface area contributed by atoms with Gasteiger partial charge in [-0.1, -0.05) is 12.1 Å². The van der Waals surface area contributed by atoms with E-state index < -0.39 is 29.9 Å². The van der Waals surface area contributed by atoms with E-state index in [4.69, 9.17) is 9.84 Å². The molecule has 1 aromatic carbocycles. The Hall–Kier alpha value is -1.56. The predicted molar refractivity (Wildman–Crippen MR) is 46.7 cm³/mol. The van der Waals surface area contributed by atoms with Gasteiger partial charge in [-0.05, 0) is 17.7 Å². The number of hydrogen-bond donors (Lipinski definition) is 1. The van der Waals surface area contributed by atoms with E-state index in [1.54, 1.807) is 0 Å². The van der Waals surface area contributed by atoms with Gasteiger partial charge in [-0.2, -0.15) is 13.2 Å². The van der Waals surface area contributed by atoms with Gasteiger partial charge < -0.3 is 9.84 Å². The molecule has 0 aromatic heterocycles. The highest BCUT2D eigenvalue weighted by Crippen LogP contribution is 2.39. The van der Waals surface area contributed by atoms with Crippen LogP contribution in [0, 0.1) is 0 Å². The molecular weight excluding hydrogens is 225 g/mol. The quantitative estimate of drug-likeness (QED) is 0.795. The number of aliphatic carboxylic acids is 1. The largest absolute Gasteiger partial charge is 0.479 e. The monoisotopic (exact) mass is 232 g/mol. The lowest BCUT2D eigenvalue weighted by Gasteiger charge is -2.06. The van der Waals surface area contributed by atoms with Gasteiger partial charge in [0.1, 0.15) is 6.10 Å². The van der Waals surface area contributed by atoms with Gasteiger partial charge in [0, 0.05) is 0 Å². The molecule has 16 heavy (non-hydrogen) atoms. The molecule has 0 spiro atoms. The molecule has 0 bridgehead atoms. The molecule has 6 heteroatoms. The van der Waals surface area contributed by atoms with Crippen molar-refractivity contribution in [2.24, 2.45) is 0 Å². The minimum atomic E-state index is -4.38. The van der Waals surface area contributed by atoms with E-state index >= 15 is 0 Å². The lowest BCUT2D eigenvalue weighted by atomic mass is 10.1. The molecule has 1 saturated heterocycles. The molecule has 2 atom stereocenters. The molecule has 0 radical (unpaired) electrons. The number of ether oxygens (including phenoxy) is 1. The molecule has 1 aliphatic heterocycles. The summed E-state index contributed by atoms with van der Waals surface area (Å²) in [4.78, 5) is 10.5. The van der Waals surface area contributed by atoms with E-state index in [2.05, 4.69) is 0 Å². The second-order valence-electron chi connectivity index (χ2n) is 3.44. The SMILES string of the molecule is O=C(O)[C@@H]1O[C@@H]1c1ccc(C(F)(F)F)cc1. The Morgan fingerprint density at radius 3 is 2.19 bits per heavy atom. The zero-order valence-corrected chi connectivity index (χ0v) is 7.86. The Morgan fingerprint density at radius 1 is 1.25 bits per heavy atom. The number of carboxylic acid groups (broad SMARTS) is 1. The van der Waals surface area contributed by atoms with Crippen LogP contribution in [-0.4, -0.2) is 17.2 Å². The molecule has 1 aliphatic rings. The smallest absolute Gasteiger partial charge is 0.416 e. The Kier molecular flexibility index (Phi) is 2.38. The maximum absolute atomic E-state index is 12.2. The maximum atomic E-state index is 12.2. The molecule has 3 nitrogen and oxygen atoms in total. The van der Waals surface area contributed by atoms with E-state index in [0.717, 1.165) is 12.1 Å². The number of hydrogen-bond acceptors (Lipinski definition) is 2. The van der Waals surface area contributed by atoms with E-state index in [-0.39, 0.29) is 0 Å². The molecule has 0 unspecified atom stereocenters. The lowest BCUT2D eigenvalue weighted by molar-refractivity contribution is -0.139. The van der Waals surface area contributed by atoms with Crippen molar-refractivity contribution in [2.75, 3.05) is 0 Å². The summed E-state index contributed by atoms with van der Waals surface area (Å²) in [6.07, 6.45) is -5.94. The van der Waals surface area contributed by atoms with Gasteiger partial charge in [-0.25, -0.2) is 4.79 Å². The maximum Gasteiger partial charge on any atom is 0.416 e. The highest BCUT2D eigenvalue weighted by Gasteiger charge is 2.46. The van der Waals surface area contributed by atoms with Crippen LogP contribution in [0.2, 0.25) is 0 Å². The normalized spacial score (nSPS) is 24.2. The van der Waals surface area contributed by atoms with Crippen LogP contribution in [-0.2, 0) is 15.7 Å². The van der Waals surface area contributed by atoms with E-state index in [1.165, 1.54) is 12.1 Å². The standard InChI is InChI=1S/C10H7F3O3/c11-10(12,13)6-3-1-5(2-4-6)7-8(16-7)9(14)15/h1-4,7-8H,(H,14,15)/t7-,8-/m1/s1. The minimum absolute atomic E-state index is 0.445. The van der Waals surface area contributed by atoms with Crippen molar-refractivity contribution in [3.05, 3.63) is 35.4 Å². The summed E-state index contributed by atoms with van der Waals surface area (Å²) in [6.45, 7) is 0. The Bertz CT molecular complexity index is 410. The number of epoxide rings is 1. The van der Waals surface area contributed by atoms with E-state index in [0.29, 0.717) is 5.56 Å². The molecular formula is C10H7F3O3. The van der Waals surface area contributed by atoms with Gasteiger partial charge >= 0.3 is 12.1 Å². The molecule has 86 valence electrons. The zero-order chi connectivity index (χ0) is 11.9. The summed E-state index contributed by atoms with van der Waals surface area (Å²) >= 11 is 0. The van der Waals surface area contributed by atoms with Crippen LogP contribution in [0.1, 0.15) is 17.2 Å². The molecule has 0 saturated carbocycles. The fraction of sp³-hybridized carbons (Fsp3) is 0.300. The lowest BCUT2D eigenvalue weighted by Crippen LogP contribution is -2.06. The third kappa shape index (κ3) is 2.01. The first kappa shape index (κ1) is 10.9. The molecule has 1 fully saturated rings. The summed E-state index contributed by atoms with van der Waals surface area (Å²) in [7, 11) is 0. The Morgan fingerprint density at radius 2 is 1.81 bits per heavy atom. The molecule has 2 rings (SSSR count). The molecule has 1 N–H and O–H groups in total. The van der Waals surface area contributed by atoms with Crippen LogP contribution >= 0.6 is 0 Å². The van der Waals surface area contributed by atoms with Crippen molar-refractivity contribution in [2.45, 2.75) is 18.4 Å². The summed E-state index contributed by atoms with van der Waals surface area (Å²) in [5.41, 5.74) is -0.316. The summed E-state index contributed by atoms with van der Waals surface area (Å²) in [5, 5.41) is 8.56. The van der Waals surface area contributed by atoms with Crippen LogP contribution < -0.4 is 0 Å². The number of carboxylic acids is 1. The van der Waals surface area contributed by atoms with Gasteiger partial charge in [0.15, 0.2) is 6.10 Å². The van der Waals surface area contributed by atoms with Crippen molar-refractivity contribution in [3.8, 4) is 0 Å². The minimum Gasteiger partial charge on any atom is -0.479 e.